The molecule has 1 heterocycles. The van der Waals surface area contributed by atoms with Crippen molar-refractivity contribution in [3.8, 4) is 6.07 Å². The fourth-order valence-corrected chi connectivity index (χ4v) is 4.61. The molecule has 0 aromatic heterocycles. The first kappa shape index (κ1) is 16.0. The maximum absolute atomic E-state index is 12.6. The van der Waals surface area contributed by atoms with Gasteiger partial charge in [-0.05, 0) is 36.5 Å². The second-order valence-electron chi connectivity index (χ2n) is 5.70. The Bertz CT molecular complexity index is 637. The Morgan fingerprint density at radius 3 is 2.90 bits per heavy atom. The summed E-state index contributed by atoms with van der Waals surface area (Å²) in [6, 6.07) is 8.66. The molecule has 2 atom stereocenters. The number of nitriles is 1. The van der Waals surface area contributed by atoms with Gasteiger partial charge in [-0.15, -0.1) is 0 Å². The van der Waals surface area contributed by atoms with Crippen LogP contribution in [0.25, 0.3) is 0 Å². The van der Waals surface area contributed by atoms with Crippen molar-refractivity contribution in [2.45, 2.75) is 31.6 Å². The normalized spacial score (nSPS) is 23.7. The summed E-state index contributed by atoms with van der Waals surface area (Å²) in [5.41, 5.74) is 6.86. The topological polar surface area (TPSA) is 87.2 Å². The van der Waals surface area contributed by atoms with Crippen molar-refractivity contribution >= 4 is 10.0 Å². The molecular weight excluding hydrogens is 286 g/mol. The van der Waals surface area contributed by atoms with Gasteiger partial charge in [-0.2, -0.15) is 9.57 Å². The third kappa shape index (κ3) is 3.82. The van der Waals surface area contributed by atoms with E-state index in [1.165, 1.54) is 0 Å². The third-order valence-corrected chi connectivity index (χ3v) is 5.85. The first-order chi connectivity index (χ1) is 9.96. The highest BCUT2D eigenvalue weighted by atomic mass is 32.2. The van der Waals surface area contributed by atoms with Crippen molar-refractivity contribution in [2.75, 3.05) is 13.1 Å². The van der Waals surface area contributed by atoms with Crippen molar-refractivity contribution in [1.82, 2.24) is 4.31 Å². The predicted octanol–water partition coefficient (Wildman–Crippen LogP) is 1.45. The van der Waals surface area contributed by atoms with E-state index in [1.54, 1.807) is 28.6 Å². The molecule has 114 valence electrons. The van der Waals surface area contributed by atoms with Gasteiger partial charge in [0.1, 0.15) is 0 Å². The van der Waals surface area contributed by atoms with E-state index < -0.39 is 10.0 Å². The van der Waals surface area contributed by atoms with Crippen LogP contribution in [0.1, 0.15) is 30.9 Å². The Balaban J connectivity index is 2.19. The van der Waals surface area contributed by atoms with Crippen LogP contribution in [-0.2, 0) is 15.8 Å². The fourth-order valence-electron chi connectivity index (χ4n) is 2.83. The van der Waals surface area contributed by atoms with E-state index >= 15 is 0 Å². The molecule has 21 heavy (non-hydrogen) atoms. The first-order valence-corrected chi connectivity index (χ1v) is 8.76. The number of rotatable bonds is 4. The minimum Gasteiger partial charge on any atom is -0.329 e. The van der Waals surface area contributed by atoms with Crippen molar-refractivity contribution in [2.24, 2.45) is 11.7 Å². The molecule has 0 aliphatic carbocycles. The summed E-state index contributed by atoms with van der Waals surface area (Å²) in [4.78, 5) is 0. The zero-order valence-corrected chi connectivity index (χ0v) is 13.0. The van der Waals surface area contributed by atoms with E-state index in [-0.39, 0.29) is 11.8 Å². The lowest BCUT2D eigenvalue weighted by Gasteiger charge is -2.36. The van der Waals surface area contributed by atoms with Crippen LogP contribution in [0.2, 0.25) is 0 Å². The minimum absolute atomic E-state index is 0.0760. The standard InChI is InChI=1S/C15H21N3O2S/c1-12-5-6-18(15(7-12)10-17)21(19,20)11-14-4-2-3-13(8-14)9-16/h2-4,8,12,15H,5-7,10-11,17H2,1H3. The molecule has 2 unspecified atom stereocenters. The highest BCUT2D eigenvalue weighted by Crippen LogP contribution is 2.26. The lowest BCUT2D eigenvalue weighted by atomic mass is 9.94. The molecule has 0 radical (unpaired) electrons. The van der Waals surface area contributed by atoms with Crippen LogP contribution in [0, 0.1) is 17.2 Å². The third-order valence-electron chi connectivity index (χ3n) is 3.96. The summed E-state index contributed by atoms with van der Waals surface area (Å²) in [6.45, 7) is 3.01. The van der Waals surface area contributed by atoms with Crippen LogP contribution < -0.4 is 5.73 Å². The Labute approximate surface area is 126 Å². The van der Waals surface area contributed by atoms with Gasteiger partial charge in [0.15, 0.2) is 0 Å². The van der Waals surface area contributed by atoms with Gasteiger partial charge in [0.25, 0.3) is 0 Å². The molecule has 1 aliphatic rings. The Morgan fingerprint density at radius 2 is 2.24 bits per heavy atom. The number of hydrogen-bond donors (Lipinski definition) is 1. The quantitative estimate of drug-likeness (QED) is 0.912. The highest BCUT2D eigenvalue weighted by Gasteiger charge is 2.33. The number of hydrogen-bond acceptors (Lipinski definition) is 4. The zero-order chi connectivity index (χ0) is 15.5. The molecule has 2 rings (SSSR count). The van der Waals surface area contributed by atoms with Crippen LogP contribution in [0.4, 0.5) is 0 Å². The summed E-state index contributed by atoms with van der Waals surface area (Å²) >= 11 is 0. The Kier molecular flexibility index (Phi) is 4.99. The maximum atomic E-state index is 12.6. The van der Waals surface area contributed by atoms with Gasteiger partial charge in [0.2, 0.25) is 10.0 Å². The van der Waals surface area contributed by atoms with Crippen LogP contribution in [0.5, 0.6) is 0 Å². The number of benzene rings is 1. The molecule has 1 saturated heterocycles. The molecule has 1 aromatic carbocycles. The molecular formula is C15H21N3O2S. The molecule has 5 nitrogen and oxygen atoms in total. The zero-order valence-electron chi connectivity index (χ0n) is 12.2. The molecule has 1 fully saturated rings. The SMILES string of the molecule is CC1CCN(S(=O)(=O)Cc2cccc(C#N)c2)C(CN)C1. The summed E-state index contributed by atoms with van der Waals surface area (Å²) in [5, 5.41) is 8.89. The molecule has 1 aromatic rings. The lowest BCUT2D eigenvalue weighted by molar-refractivity contribution is 0.211. The van der Waals surface area contributed by atoms with Crippen LogP contribution in [-0.4, -0.2) is 31.9 Å². The maximum Gasteiger partial charge on any atom is 0.218 e. The molecule has 0 bridgehead atoms. The Morgan fingerprint density at radius 1 is 1.48 bits per heavy atom. The predicted molar refractivity (Wildman–Crippen MR) is 81.7 cm³/mol. The molecule has 0 spiro atoms. The van der Waals surface area contributed by atoms with E-state index in [4.69, 9.17) is 11.0 Å². The molecule has 0 saturated carbocycles. The van der Waals surface area contributed by atoms with Crippen molar-refractivity contribution < 1.29 is 8.42 Å². The lowest BCUT2D eigenvalue weighted by Crippen LogP contribution is -2.49. The van der Waals surface area contributed by atoms with E-state index in [0.717, 1.165) is 12.8 Å². The van der Waals surface area contributed by atoms with E-state index in [0.29, 0.717) is 30.1 Å². The Hall–Kier alpha value is -1.42. The number of sulfonamides is 1. The second-order valence-corrected chi connectivity index (χ2v) is 7.62. The van der Waals surface area contributed by atoms with Gasteiger partial charge >= 0.3 is 0 Å². The van der Waals surface area contributed by atoms with Crippen LogP contribution >= 0.6 is 0 Å². The summed E-state index contributed by atoms with van der Waals surface area (Å²) in [6.07, 6.45) is 1.68. The van der Waals surface area contributed by atoms with Crippen molar-refractivity contribution in [3.05, 3.63) is 35.4 Å². The second kappa shape index (κ2) is 6.56. The molecule has 2 N–H and O–H groups in total. The van der Waals surface area contributed by atoms with Gasteiger partial charge < -0.3 is 5.73 Å². The van der Waals surface area contributed by atoms with Gasteiger partial charge in [0.05, 0.1) is 17.4 Å². The average molecular weight is 307 g/mol. The number of nitrogens with zero attached hydrogens (tertiary/aromatic N) is 2. The molecule has 6 heteroatoms. The van der Waals surface area contributed by atoms with E-state index in [9.17, 15) is 8.42 Å². The summed E-state index contributed by atoms with van der Waals surface area (Å²) in [7, 11) is -3.40. The van der Waals surface area contributed by atoms with E-state index in [1.807, 2.05) is 6.07 Å². The fraction of sp³-hybridized carbons (Fsp3) is 0.533. The minimum atomic E-state index is -3.40. The van der Waals surface area contributed by atoms with Gasteiger partial charge in [0, 0.05) is 19.1 Å². The summed E-state index contributed by atoms with van der Waals surface area (Å²) in [5.74, 6) is 0.430. The monoisotopic (exact) mass is 307 g/mol. The number of nitrogens with two attached hydrogens (primary N) is 1. The molecule has 0 amide bonds. The van der Waals surface area contributed by atoms with Gasteiger partial charge in [-0.25, -0.2) is 8.42 Å². The number of piperidine rings is 1. The van der Waals surface area contributed by atoms with Crippen LogP contribution in [0.3, 0.4) is 0 Å². The van der Waals surface area contributed by atoms with Gasteiger partial charge in [-0.1, -0.05) is 19.1 Å². The highest BCUT2D eigenvalue weighted by molar-refractivity contribution is 7.88. The van der Waals surface area contributed by atoms with Gasteiger partial charge in [-0.3, -0.25) is 0 Å². The first-order valence-electron chi connectivity index (χ1n) is 7.15. The van der Waals surface area contributed by atoms with Crippen LogP contribution in [0.15, 0.2) is 24.3 Å². The smallest absolute Gasteiger partial charge is 0.218 e. The molecule has 1 aliphatic heterocycles. The van der Waals surface area contributed by atoms with Crippen molar-refractivity contribution in [1.29, 1.82) is 5.26 Å². The largest absolute Gasteiger partial charge is 0.329 e. The van der Waals surface area contributed by atoms with E-state index in [2.05, 4.69) is 6.92 Å². The van der Waals surface area contributed by atoms with Crippen molar-refractivity contribution in [3.63, 3.8) is 0 Å². The average Bonchev–Trinajstić information content (AvgIpc) is 2.46. The summed E-state index contributed by atoms with van der Waals surface area (Å²) < 4.78 is 26.8.